The van der Waals surface area contributed by atoms with E-state index in [1.807, 2.05) is 59.5 Å². The van der Waals surface area contributed by atoms with Gasteiger partial charge in [-0.25, -0.2) is 4.79 Å². The Kier molecular flexibility index (Phi) is 9.46. The second-order valence-electron chi connectivity index (χ2n) is 10.2. The van der Waals surface area contributed by atoms with Crippen LogP contribution in [0.5, 0.6) is 0 Å². The van der Waals surface area contributed by atoms with E-state index in [-0.39, 0.29) is 24.1 Å². The minimum Gasteiger partial charge on any atom is -0.480 e. The molecule has 0 aromatic heterocycles. The Morgan fingerprint density at radius 1 is 1.05 bits per heavy atom. The second kappa shape index (κ2) is 13.2. The van der Waals surface area contributed by atoms with Crippen molar-refractivity contribution < 1.29 is 29.0 Å². The summed E-state index contributed by atoms with van der Waals surface area (Å²) < 4.78 is 5.37. The van der Waals surface area contributed by atoms with Crippen molar-refractivity contribution in [1.29, 1.82) is 0 Å². The van der Waals surface area contributed by atoms with Gasteiger partial charge in [0.05, 0.1) is 31.1 Å². The maximum Gasteiger partial charge on any atom is 0.327 e. The zero-order chi connectivity index (χ0) is 28.1. The Hall–Kier alpha value is -2.86. The molecule has 9 nitrogen and oxygen atoms in total. The normalized spacial score (nSPS) is 23.9. The van der Waals surface area contributed by atoms with E-state index in [9.17, 15) is 24.3 Å². The molecule has 0 radical (unpaired) electrons. The molecule has 0 unspecified atom stereocenters. The number of nitrogens with one attached hydrogen (secondary N) is 1. The van der Waals surface area contributed by atoms with Crippen molar-refractivity contribution in [1.82, 2.24) is 15.1 Å². The molecule has 0 aliphatic carbocycles. The van der Waals surface area contributed by atoms with Crippen LogP contribution in [0.15, 0.2) is 54.6 Å². The zero-order valence-electron chi connectivity index (χ0n) is 22.1. The first kappa shape index (κ1) is 28.7. The first-order valence-electron chi connectivity index (χ1n) is 13.4. The molecule has 0 spiro atoms. The maximum atomic E-state index is 13.9. The van der Waals surface area contributed by atoms with Gasteiger partial charge in [0.25, 0.3) is 0 Å². The average molecular weight is 584 g/mol. The smallest absolute Gasteiger partial charge is 0.327 e. The zero-order valence-corrected chi connectivity index (χ0v) is 23.7. The Labute approximate surface area is 242 Å². The lowest BCUT2D eigenvalue weighted by Gasteiger charge is -2.40. The predicted octanol–water partition coefficient (Wildman–Crippen LogP) is 2.00. The SMILES string of the molecule is O=C(CN1CCOCC1)S[C@@H](Cc1ccccc1)C(=O)N[C@@H]1Cc2ccccc2[C@@H]2CSC[C@H](C(=O)O)N2C1=O. The largest absolute Gasteiger partial charge is 0.480 e. The van der Waals surface area contributed by atoms with E-state index in [1.165, 1.54) is 16.7 Å². The van der Waals surface area contributed by atoms with Crippen LogP contribution in [0.1, 0.15) is 22.7 Å². The third-order valence-electron chi connectivity index (χ3n) is 7.50. The maximum absolute atomic E-state index is 13.9. The summed E-state index contributed by atoms with van der Waals surface area (Å²) in [4.78, 5) is 56.4. The number of hydrogen-bond acceptors (Lipinski definition) is 8. The lowest BCUT2D eigenvalue weighted by molar-refractivity contribution is -0.152. The highest BCUT2D eigenvalue weighted by Crippen LogP contribution is 2.38. The Bertz CT molecular complexity index is 1240. The Balaban J connectivity index is 1.38. The molecule has 40 heavy (non-hydrogen) atoms. The van der Waals surface area contributed by atoms with Crippen LogP contribution in [0.4, 0.5) is 0 Å². The number of morpholine rings is 1. The quantitative estimate of drug-likeness (QED) is 0.481. The number of rotatable bonds is 8. The van der Waals surface area contributed by atoms with Crippen LogP contribution in [0.2, 0.25) is 0 Å². The standard InChI is InChI=1S/C29H33N3O6S2/c33-26(16-31-10-12-38-13-11-31)40-25(14-19-6-2-1-3-7-19)27(34)30-22-15-20-8-4-5-9-21(20)23-17-39-18-24(29(36)37)32(23)28(22)35/h1-9,22-25H,10-18H2,(H,30,34)(H,36,37)/t22-,23+,24-,25+/m1/s1. The number of benzene rings is 2. The molecule has 5 rings (SSSR count). The molecular formula is C29H33N3O6S2. The second-order valence-corrected chi connectivity index (χ2v) is 12.5. The van der Waals surface area contributed by atoms with Crippen molar-refractivity contribution in [3.05, 3.63) is 71.3 Å². The van der Waals surface area contributed by atoms with Gasteiger partial charge in [0, 0.05) is 31.0 Å². The molecule has 3 aliphatic rings. The lowest BCUT2D eigenvalue weighted by Crippen LogP contribution is -2.58. The summed E-state index contributed by atoms with van der Waals surface area (Å²) in [7, 11) is 0. The molecule has 212 valence electrons. The van der Waals surface area contributed by atoms with Crippen LogP contribution < -0.4 is 5.32 Å². The minimum absolute atomic E-state index is 0.116. The van der Waals surface area contributed by atoms with Crippen LogP contribution in [-0.2, 0) is 36.8 Å². The third-order valence-corrected chi connectivity index (χ3v) is 9.66. The summed E-state index contributed by atoms with van der Waals surface area (Å²) in [6.07, 6.45) is 0.583. The number of carbonyl (C=O) groups excluding carboxylic acids is 3. The van der Waals surface area contributed by atoms with Crippen molar-refractivity contribution in [2.24, 2.45) is 0 Å². The van der Waals surface area contributed by atoms with Crippen molar-refractivity contribution in [2.45, 2.75) is 36.2 Å². The van der Waals surface area contributed by atoms with Gasteiger partial charge < -0.3 is 20.1 Å². The molecule has 4 atom stereocenters. The van der Waals surface area contributed by atoms with Crippen molar-refractivity contribution >= 4 is 46.4 Å². The van der Waals surface area contributed by atoms with Crippen molar-refractivity contribution in [2.75, 3.05) is 44.4 Å². The van der Waals surface area contributed by atoms with Crippen LogP contribution >= 0.6 is 23.5 Å². The van der Waals surface area contributed by atoms with E-state index in [1.54, 1.807) is 0 Å². The number of thioether (sulfide) groups is 2. The van der Waals surface area contributed by atoms with Gasteiger partial charge >= 0.3 is 5.97 Å². The van der Waals surface area contributed by atoms with Crippen molar-refractivity contribution in [3.8, 4) is 0 Å². The summed E-state index contributed by atoms with van der Waals surface area (Å²) in [6.45, 7) is 2.69. The van der Waals surface area contributed by atoms with E-state index in [0.717, 1.165) is 28.5 Å². The number of ether oxygens (including phenoxy) is 1. The highest BCUT2D eigenvalue weighted by Gasteiger charge is 2.45. The summed E-state index contributed by atoms with van der Waals surface area (Å²) >= 11 is 2.51. The highest BCUT2D eigenvalue weighted by molar-refractivity contribution is 8.14. The topological polar surface area (TPSA) is 116 Å². The van der Waals surface area contributed by atoms with Crippen molar-refractivity contribution in [3.63, 3.8) is 0 Å². The van der Waals surface area contributed by atoms with Gasteiger partial charge in [0.15, 0.2) is 0 Å². The number of carbonyl (C=O) groups is 4. The Morgan fingerprint density at radius 2 is 1.77 bits per heavy atom. The monoisotopic (exact) mass is 583 g/mol. The number of carboxylic acid groups (broad SMARTS) is 1. The summed E-state index contributed by atoms with van der Waals surface area (Å²) in [5, 5.41) is 12.0. The lowest BCUT2D eigenvalue weighted by atomic mass is 9.98. The Morgan fingerprint density at radius 3 is 2.52 bits per heavy atom. The van der Waals surface area contributed by atoms with E-state index in [0.29, 0.717) is 44.2 Å². The number of amides is 2. The summed E-state index contributed by atoms with van der Waals surface area (Å²) in [5.41, 5.74) is 2.74. The number of hydrogen-bond donors (Lipinski definition) is 2. The van der Waals surface area contributed by atoms with Gasteiger partial charge in [-0.3, -0.25) is 19.3 Å². The molecule has 0 bridgehead atoms. The molecule has 11 heteroatoms. The fraction of sp³-hybridized carbons (Fsp3) is 0.448. The molecule has 2 aromatic rings. The van der Waals surface area contributed by atoms with Gasteiger partial charge in [0.1, 0.15) is 12.1 Å². The molecule has 3 aliphatic heterocycles. The van der Waals surface area contributed by atoms with Gasteiger partial charge in [-0.05, 0) is 23.1 Å². The minimum atomic E-state index is -1.05. The molecule has 0 saturated carbocycles. The molecule has 2 saturated heterocycles. The fourth-order valence-corrected chi connectivity index (χ4v) is 7.72. The predicted molar refractivity (Wildman–Crippen MR) is 154 cm³/mol. The number of aliphatic carboxylic acids is 1. The fourth-order valence-electron chi connectivity index (χ4n) is 5.47. The molecule has 3 heterocycles. The number of fused-ring (bicyclic) bond motifs is 3. The van der Waals surface area contributed by atoms with Crippen LogP contribution in [-0.4, -0.2) is 99.5 Å². The van der Waals surface area contributed by atoms with E-state index in [4.69, 9.17) is 4.74 Å². The van der Waals surface area contributed by atoms with E-state index < -0.39 is 35.1 Å². The highest BCUT2D eigenvalue weighted by atomic mass is 32.2. The van der Waals surface area contributed by atoms with E-state index >= 15 is 0 Å². The van der Waals surface area contributed by atoms with Crippen LogP contribution in [0.25, 0.3) is 0 Å². The number of nitrogens with zero attached hydrogens (tertiary/aromatic N) is 2. The molecular weight excluding hydrogens is 550 g/mol. The first-order chi connectivity index (χ1) is 19.4. The number of carboxylic acids is 1. The average Bonchev–Trinajstić information content (AvgIpc) is 3.08. The molecule has 2 aromatic carbocycles. The van der Waals surface area contributed by atoms with Crippen LogP contribution in [0.3, 0.4) is 0 Å². The van der Waals surface area contributed by atoms with Gasteiger partial charge in [-0.15, -0.1) is 0 Å². The van der Waals surface area contributed by atoms with Gasteiger partial charge in [-0.1, -0.05) is 66.4 Å². The van der Waals surface area contributed by atoms with Gasteiger partial charge in [-0.2, -0.15) is 11.8 Å². The molecule has 2 amide bonds. The summed E-state index contributed by atoms with van der Waals surface area (Å²) in [5.74, 6) is -0.970. The third kappa shape index (κ3) is 6.71. The first-order valence-corrected chi connectivity index (χ1v) is 15.5. The van der Waals surface area contributed by atoms with Crippen LogP contribution in [0, 0.1) is 0 Å². The van der Waals surface area contributed by atoms with Gasteiger partial charge in [0.2, 0.25) is 16.9 Å². The summed E-state index contributed by atoms with van der Waals surface area (Å²) in [6, 6.07) is 14.8. The van der Waals surface area contributed by atoms with E-state index in [2.05, 4.69) is 5.32 Å². The molecule has 2 N–H and O–H groups in total. The molecule has 2 fully saturated rings.